The number of nitrogens with one attached hydrogen (secondary N) is 1. The Labute approximate surface area is 101 Å². The van der Waals surface area contributed by atoms with Gasteiger partial charge in [0.25, 0.3) is 5.91 Å². The van der Waals surface area contributed by atoms with E-state index in [0.717, 1.165) is 18.6 Å². The van der Waals surface area contributed by atoms with Gasteiger partial charge in [0.05, 0.1) is 12.1 Å². The van der Waals surface area contributed by atoms with Crippen molar-refractivity contribution >= 4 is 5.91 Å². The molecule has 3 N–H and O–H groups in total. The maximum atomic E-state index is 12.0. The van der Waals surface area contributed by atoms with Gasteiger partial charge in [0, 0.05) is 18.7 Å². The van der Waals surface area contributed by atoms with Gasteiger partial charge in [0.2, 0.25) is 0 Å². The summed E-state index contributed by atoms with van der Waals surface area (Å²) in [5, 5.41) is 2.99. The van der Waals surface area contributed by atoms with Crippen LogP contribution in [0.25, 0.3) is 0 Å². The number of rotatable bonds is 3. The van der Waals surface area contributed by atoms with Gasteiger partial charge in [0.1, 0.15) is 0 Å². The van der Waals surface area contributed by atoms with E-state index < -0.39 is 0 Å². The molecule has 2 atom stereocenters. The lowest BCUT2D eigenvalue weighted by Crippen LogP contribution is -2.39. The zero-order valence-electron chi connectivity index (χ0n) is 9.98. The first kappa shape index (κ1) is 12.1. The van der Waals surface area contributed by atoms with Crippen molar-refractivity contribution in [3.8, 4) is 0 Å². The Hall–Kier alpha value is -1.39. The second-order valence-electron chi connectivity index (χ2n) is 4.35. The number of ether oxygens (including phenoxy) is 1. The van der Waals surface area contributed by atoms with Crippen molar-refractivity contribution in [1.82, 2.24) is 5.32 Å². The molecule has 2 unspecified atom stereocenters. The molecule has 0 saturated carbocycles. The van der Waals surface area contributed by atoms with Crippen LogP contribution in [0.5, 0.6) is 0 Å². The molecule has 17 heavy (non-hydrogen) atoms. The second kappa shape index (κ2) is 5.29. The van der Waals surface area contributed by atoms with Crippen molar-refractivity contribution < 1.29 is 9.53 Å². The zero-order chi connectivity index (χ0) is 12.3. The van der Waals surface area contributed by atoms with Crippen molar-refractivity contribution in [2.45, 2.75) is 32.0 Å². The lowest BCUT2D eigenvalue weighted by molar-refractivity contribution is 0.0866. The minimum atomic E-state index is -0.0531. The molecule has 1 aromatic rings. The summed E-state index contributed by atoms with van der Waals surface area (Å²) in [7, 11) is 0. The number of hydrogen-bond acceptors (Lipinski definition) is 3. The Bertz CT molecular complexity index is 406. The fraction of sp³-hybridized carbons (Fsp3) is 0.462. The average Bonchev–Trinajstić information content (AvgIpc) is 2.75. The highest BCUT2D eigenvalue weighted by molar-refractivity contribution is 5.94. The highest BCUT2D eigenvalue weighted by Gasteiger charge is 2.25. The first-order valence-electron chi connectivity index (χ1n) is 5.92. The monoisotopic (exact) mass is 234 g/mol. The van der Waals surface area contributed by atoms with Gasteiger partial charge in [-0.1, -0.05) is 12.1 Å². The summed E-state index contributed by atoms with van der Waals surface area (Å²) in [6, 6.07) is 7.51. The minimum absolute atomic E-state index is 0.0531. The molecule has 1 aliphatic rings. The molecule has 0 aromatic heterocycles. The number of amides is 1. The number of benzene rings is 1. The van der Waals surface area contributed by atoms with E-state index in [1.165, 1.54) is 0 Å². The van der Waals surface area contributed by atoms with Gasteiger partial charge in [-0.05, 0) is 31.0 Å². The maximum Gasteiger partial charge on any atom is 0.251 e. The van der Waals surface area contributed by atoms with Crippen LogP contribution in [0.4, 0.5) is 0 Å². The number of hydrogen-bond donors (Lipinski definition) is 2. The Morgan fingerprint density at radius 1 is 1.59 bits per heavy atom. The summed E-state index contributed by atoms with van der Waals surface area (Å²) in [5.41, 5.74) is 7.18. The number of carbonyl (C=O) groups excluding carboxylic acids is 1. The molecule has 2 rings (SSSR count). The molecule has 1 saturated heterocycles. The topological polar surface area (TPSA) is 64.3 Å². The molecule has 0 aliphatic carbocycles. The first-order valence-corrected chi connectivity index (χ1v) is 5.92. The predicted octanol–water partition coefficient (Wildman–Crippen LogP) is 1.05. The quantitative estimate of drug-likeness (QED) is 0.821. The molecule has 4 heteroatoms. The van der Waals surface area contributed by atoms with Crippen molar-refractivity contribution in [3.05, 3.63) is 35.4 Å². The normalized spacial score (nSPS) is 23.6. The number of nitrogens with two attached hydrogens (primary N) is 1. The average molecular weight is 234 g/mol. The van der Waals surface area contributed by atoms with Gasteiger partial charge >= 0.3 is 0 Å². The molecule has 1 aliphatic heterocycles. The first-order chi connectivity index (χ1) is 8.20. The van der Waals surface area contributed by atoms with Crippen LogP contribution in [0, 0.1) is 0 Å². The standard InChI is InChI=1S/C13H18N2O2/c1-9-12(5-6-17-9)15-13(16)11-4-2-3-10(7-11)8-14/h2-4,7,9,12H,5-6,8,14H2,1H3,(H,15,16). The SMILES string of the molecule is CC1OCCC1NC(=O)c1cccc(CN)c1. The van der Waals surface area contributed by atoms with Gasteiger partial charge < -0.3 is 15.8 Å². The summed E-state index contributed by atoms with van der Waals surface area (Å²) in [4.78, 5) is 12.0. The van der Waals surface area contributed by atoms with Crippen molar-refractivity contribution in [2.75, 3.05) is 6.61 Å². The van der Waals surface area contributed by atoms with E-state index in [1.54, 1.807) is 6.07 Å². The molecule has 1 aromatic carbocycles. The second-order valence-corrected chi connectivity index (χ2v) is 4.35. The van der Waals surface area contributed by atoms with Gasteiger partial charge in [-0.3, -0.25) is 4.79 Å². The molecule has 1 heterocycles. The Morgan fingerprint density at radius 2 is 2.41 bits per heavy atom. The molecule has 4 nitrogen and oxygen atoms in total. The Balaban J connectivity index is 2.03. The smallest absolute Gasteiger partial charge is 0.251 e. The van der Waals surface area contributed by atoms with Gasteiger partial charge in [-0.15, -0.1) is 0 Å². The van der Waals surface area contributed by atoms with Crippen molar-refractivity contribution in [2.24, 2.45) is 5.73 Å². The van der Waals surface area contributed by atoms with E-state index in [4.69, 9.17) is 10.5 Å². The van der Waals surface area contributed by atoms with Gasteiger partial charge in [-0.2, -0.15) is 0 Å². The van der Waals surface area contributed by atoms with Crippen LogP contribution in [0.3, 0.4) is 0 Å². The summed E-state index contributed by atoms with van der Waals surface area (Å²) in [6.07, 6.45) is 0.973. The lowest BCUT2D eigenvalue weighted by atomic mass is 10.1. The van der Waals surface area contributed by atoms with Gasteiger partial charge in [0.15, 0.2) is 0 Å². The molecule has 1 fully saturated rings. The highest BCUT2D eigenvalue weighted by atomic mass is 16.5. The van der Waals surface area contributed by atoms with E-state index in [9.17, 15) is 4.79 Å². The lowest BCUT2D eigenvalue weighted by Gasteiger charge is -2.16. The van der Waals surface area contributed by atoms with Crippen LogP contribution in [0.2, 0.25) is 0 Å². The molecular weight excluding hydrogens is 216 g/mol. The van der Waals surface area contributed by atoms with Gasteiger partial charge in [-0.25, -0.2) is 0 Å². The van der Waals surface area contributed by atoms with Crippen LogP contribution in [0.15, 0.2) is 24.3 Å². The van der Waals surface area contributed by atoms with Crippen molar-refractivity contribution in [1.29, 1.82) is 0 Å². The third-order valence-electron chi connectivity index (χ3n) is 3.12. The van der Waals surface area contributed by atoms with E-state index in [-0.39, 0.29) is 18.1 Å². The van der Waals surface area contributed by atoms with E-state index in [2.05, 4.69) is 5.32 Å². The van der Waals surface area contributed by atoms with Crippen LogP contribution in [0.1, 0.15) is 29.3 Å². The molecule has 1 amide bonds. The largest absolute Gasteiger partial charge is 0.376 e. The zero-order valence-corrected chi connectivity index (χ0v) is 9.98. The van der Waals surface area contributed by atoms with Crippen LogP contribution < -0.4 is 11.1 Å². The van der Waals surface area contributed by atoms with Crippen molar-refractivity contribution in [3.63, 3.8) is 0 Å². The third kappa shape index (κ3) is 2.84. The minimum Gasteiger partial charge on any atom is -0.376 e. The fourth-order valence-electron chi connectivity index (χ4n) is 2.01. The Kier molecular flexibility index (Phi) is 3.76. The maximum absolute atomic E-state index is 12.0. The summed E-state index contributed by atoms with van der Waals surface area (Å²) < 4.78 is 5.41. The van der Waals surface area contributed by atoms with E-state index >= 15 is 0 Å². The summed E-state index contributed by atoms with van der Waals surface area (Å²) in [6.45, 7) is 3.15. The van der Waals surface area contributed by atoms with Crippen LogP contribution >= 0.6 is 0 Å². The van der Waals surface area contributed by atoms with E-state index in [0.29, 0.717) is 12.1 Å². The summed E-state index contributed by atoms with van der Waals surface area (Å²) in [5.74, 6) is -0.0531. The molecule has 0 radical (unpaired) electrons. The fourth-order valence-corrected chi connectivity index (χ4v) is 2.01. The predicted molar refractivity (Wildman–Crippen MR) is 65.6 cm³/mol. The molecule has 0 spiro atoms. The molecule has 92 valence electrons. The van der Waals surface area contributed by atoms with E-state index in [1.807, 2.05) is 25.1 Å². The number of carbonyl (C=O) groups is 1. The van der Waals surface area contributed by atoms with Crippen LogP contribution in [-0.2, 0) is 11.3 Å². The molecular formula is C13H18N2O2. The van der Waals surface area contributed by atoms with Crippen LogP contribution in [-0.4, -0.2) is 24.7 Å². The summed E-state index contributed by atoms with van der Waals surface area (Å²) >= 11 is 0. The molecule has 0 bridgehead atoms. The highest BCUT2D eigenvalue weighted by Crippen LogP contribution is 2.13. The Morgan fingerprint density at radius 3 is 3.06 bits per heavy atom. The third-order valence-corrected chi connectivity index (χ3v) is 3.12.